The molecule has 1 saturated heterocycles. The van der Waals surface area contributed by atoms with Crippen molar-refractivity contribution in [2.45, 2.75) is 38.5 Å². The molecule has 1 aliphatic carbocycles. The van der Waals surface area contributed by atoms with Crippen molar-refractivity contribution in [2.75, 3.05) is 45.2 Å². The molecule has 134 valence electrons. The number of hydrogen-bond acceptors (Lipinski definition) is 5. The van der Waals surface area contributed by atoms with E-state index in [1.54, 1.807) is 0 Å². The Balaban J connectivity index is 1.76. The number of ether oxygens (including phenoxy) is 1. The van der Waals surface area contributed by atoms with Crippen LogP contribution in [0.4, 0.5) is 0 Å². The van der Waals surface area contributed by atoms with Crippen LogP contribution in [0, 0.1) is 5.41 Å². The molecule has 7 nitrogen and oxygen atoms in total. The highest BCUT2D eigenvalue weighted by molar-refractivity contribution is 7.89. The fourth-order valence-electron chi connectivity index (χ4n) is 3.24. The molecule has 0 spiro atoms. The third-order valence-electron chi connectivity index (χ3n) is 4.86. The Hall–Kier alpha value is -0.700. The number of carbonyl (C=O) groups excluding carboxylic acids is 1. The molecule has 0 aromatic heterocycles. The minimum absolute atomic E-state index is 0.0405. The van der Waals surface area contributed by atoms with Crippen molar-refractivity contribution in [1.82, 2.24) is 9.62 Å². The van der Waals surface area contributed by atoms with Crippen LogP contribution in [-0.4, -0.2) is 68.9 Å². The number of nitrogens with one attached hydrogen (secondary N) is 1. The van der Waals surface area contributed by atoms with Crippen LogP contribution in [-0.2, 0) is 19.6 Å². The zero-order valence-corrected chi connectivity index (χ0v) is 14.4. The maximum absolute atomic E-state index is 12.2. The molecule has 0 radical (unpaired) electrons. The zero-order valence-electron chi connectivity index (χ0n) is 13.6. The van der Waals surface area contributed by atoms with Gasteiger partial charge in [-0.3, -0.25) is 4.79 Å². The molecular formula is C15H28N2O5S. The molecule has 0 bridgehead atoms. The standard InChI is InChI=1S/C15H28N2O5S/c18-13-15(5-2-1-3-6-15)12-16-14(19)4-11-23(20,21)17-7-9-22-10-8-17/h18H,1-13H2,(H,16,19). The van der Waals surface area contributed by atoms with Crippen LogP contribution in [0.25, 0.3) is 0 Å². The lowest BCUT2D eigenvalue weighted by atomic mass is 9.74. The van der Waals surface area contributed by atoms with E-state index in [1.807, 2.05) is 0 Å². The lowest BCUT2D eigenvalue weighted by Gasteiger charge is -2.35. The summed E-state index contributed by atoms with van der Waals surface area (Å²) in [4.78, 5) is 12.0. The van der Waals surface area contributed by atoms with Crippen molar-refractivity contribution in [3.8, 4) is 0 Å². The third-order valence-corrected chi connectivity index (χ3v) is 6.73. The number of carbonyl (C=O) groups is 1. The monoisotopic (exact) mass is 348 g/mol. The predicted molar refractivity (Wildman–Crippen MR) is 86.4 cm³/mol. The van der Waals surface area contributed by atoms with Gasteiger partial charge in [0.2, 0.25) is 15.9 Å². The molecule has 0 aromatic rings. The Morgan fingerprint density at radius 3 is 2.43 bits per heavy atom. The lowest BCUT2D eigenvalue weighted by Crippen LogP contribution is -2.44. The van der Waals surface area contributed by atoms with Crippen LogP contribution < -0.4 is 5.32 Å². The summed E-state index contributed by atoms with van der Waals surface area (Å²) in [6.07, 6.45) is 5.10. The van der Waals surface area contributed by atoms with E-state index in [0.29, 0.717) is 32.8 Å². The highest BCUT2D eigenvalue weighted by Crippen LogP contribution is 2.35. The van der Waals surface area contributed by atoms with E-state index in [1.165, 1.54) is 10.7 Å². The van der Waals surface area contributed by atoms with Gasteiger partial charge in [0.05, 0.1) is 25.6 Å². The van der Waals surface area contributed by atoms with Gasteiger partial charge >= 0.3 is 0 Å². The van der Waals surface area contributed by atoms with Gasteiger partial charge in [0.25, 0.3) is 0 Å². The first-order valence-electron chi connectivity index (χ1n) is 8.41. The Morgan fingerprint density at radius 1 is 1.17 bits per heavy atom. The second kappa shape index (κ2) is 8.41. The second-order valence-corrected chi connectivity index (χ2v) is 8.66. The van der Waals surface area contributed by atoms with Crippen molar-refractivity contribution in [1.29, 1.82) is 0 Å². The topological polar surface area (TPSA) is 95.9 Å². The minimum atomic E-state index is -3.40. The molecule has 2 rings (SSSR count). The average molecular weight is 348 g/mol. The molecular weight excluding hydrogens is 320 g/mol. The van der Waals surface area contributed by atoms with E-state index >= 15 is 0 Å². The number of hydrogen-bond donors (Lipinski definition) is 2. The number of morpholine rings is 1. The van der Waals surface area contributed by atoms with E-state index in [4.69, 9.17) is 4.74 Å². The number of amides is 1. The largest absolute Gasteiger partial charge is 0.396 e. The summed E-state index contributed by atoms with van der Waals surface area (Å²) < 4.78 is 30.9. The van der Waals surface area contributed by atoms with Gasteiger partial charge in [-0.15, -0.1) is 0 Å². The number of sulfonamides is 1. The van der Waals surface area contributed by atoms with Gasteiger partial charge in [-0.25, -0.2) is 8.42 Å². The van der Waals surface area contributed by atoms with Gasteiger partial charge in [-0.1, -0.05) is 19.3 Å². The Labute approximate surface area is 138 Å². The van der Waals surface area contributed by atoms with Crippen LogP contribution >= 0.6 is 0 Å². The molecule has 2 aliphatic rings. The number of aliphatic hydroxyl groups is 1. The lowest BCUT2D eigenvalue weighted by molar-refractivity contribution is -0.121. The normalized spacial score (nSPS) is 22.7. The van der Waals surface area contributed by atoms with Gasteiger partial charge < -0.3 is 15.2 Å². The Bertz CT molecular complexity index is 482. The van der Waals surface area contributed by atoms with Crippen LogP contribution in [0.2, 0.25) is 0 Å². The summed E-state index contributed by atoms with van der Waals surface area (Å²) in [5, 5.41) is 12.4. The van der Waals surface area contributed by atoms with Crippen molar-refractivity contribution >= 4 is 15.9 Å². The summed E-state index contributed by atoms with van der Waals surface area (Å²) in [6.45, 7) is 2.03. The van der Waals surface area contributed by atoms with E-state index in [0.717, 1.165) is 25.7 Å². The van der Waals surface area contributed by atoms with Crippen molar-refractivity contribution < 1.29 is 23.1 Å². The zero-order chi connectivity index (χ0) is 16.8. The summed E-state index contributed by atoms with van der Waals surface area (Å²) >= 11 is 0. The van der Waals surface area contributed by atoms with Gasteiger partial charge in [-0.2, -0.15) is 4.31 Å². The molecule has 1 heterocycles. The van der Waals surface area contributed by atoms with Gasteiger partial charge in [-0.05, 0) is 12.8 Å². The van der Waals surface area contributed by atoms with E-state index in [2.05, 4.69) is 5.32 Å². The van der Waals surface area contributed by atoms with E-state index in [9.17, 15) is 18.3 Å². The molecule has 0 aromatic carbocycles. The van der Waals surface area contributed by atoms with Crippen molar-refractivity contribution in [3.63, 3.8) is 0 Å². The smallest absolute Gasteiger partial charge is 0.221 e. The number of rotatable bonds is 7. The summed E-state index contributed by atoms with van der Waals surface area (Å²) in [5.41, 5.74) is -0.225. The molecule has 1 aliphatic heterocycles. The van der Waals surface area contributed by atoms with Crippen molar-refractivity contribution in [3.05, 3.63) is 0 Å². The van der Waals surface area contributed by atoms with E-state index in [-0.39, 0.29) is 30.1 Å². The maximum atomic E-state index is 12.2. The van der Waals surface area contributed by atoms with Crippen LogP contribution in [0.15, 0.2) is 0 Å². The molecule has 0 unspecified atom stereocenters. The van der Waals surface area contributed by atoms with Gasteiger partial charge in [0, 0.05) is 31.5 Å². The molecule has 8 heteroatoms. The summed E-state index contributed by atoms with van der Waals surface area (Å²) in [5.74, 6) is -0.439. The fourth-order valence-corrected chi connectivity index (χ4v) is 4.65. The van der Waals surface area contributed by atoms with Gasteiger partial charge in [0.1, 0.15) is 0 Å². The first-order valence-corrected chi connectivity index (χ1v) is 10.0. The summed E-state index contributed by atoms with van der Waals surface area (Å²) in [7, 11) is -3.40. The molecule has 2 fully saturated rings. The van der Waals surface area contributed by atoms with Gasteiger partial charge in [0.15, 0.2) is 0 Å². The van der Waals surface area contributed by atoms with E-state index < -0.39 is 10.0 Å². The minimum Gasteiger partial charge on any atom is -0.396 e. The van der Waals surface area contributed by atoms with Crippen molar-refractivity contribution in [2.24, 2.45) is 5.41 Å². The molecule has 1 amide bonds. The quantitative estimate of drug-likeness (QED) is 0.680. The van der Waals surface area contributed by atoms with Crippen LogP contribution in [0.3, 0.4) is 0 Å². The van der Waals surface area contributed by atoms with Crippen LogP contribution in [0.1, 0.15) is 38.5 Å². The number of nitrogens with zero attached hydrogens (tertiary/aromatic N) is 1. The highest BCUT2D eigenvalue weighted by atomic mass is 32.2. The molecule has 2 N–H and O–H groups in total. The summed E-state index contributed by atoms with van der Waals surface area (Å²) in [6, 6.07) is 0. The molecule has 23 heavy (non-hydrogen) atoms. The third kappa shape index (κ3) is 5.41. The Morgan fingerprint density at radius 2 is 1.83 bits per heavy atom. The number of aliphatic hydroxyl groups excluding tert-OH is 1. The predicted octanol–water partition coefficient (Wildman–Crippen LogP) is 0.0975. The Kier molecular flexibility index (Phi) is 6.82. The average Bonchev–Trinajstić information content (AvgIpc) is 2.60. The highest BCUT2D eigenvalue weighted by Gasteiger charge is 2.32. The maximum Gasteiger partial charge on any atom is 0.221 e. The fraction of sp³-hybridized carbons (Fsp3) is 0.933. The molecule has 0 atom stereocenters. The first-order chi connectivity index (χ1) is 11.0. The molecule has 1 saturated carbocycles. The second-order valence-electron chi connectivity index (χ2n) is 6.57. The SMILES string of the molecule is O=C(CCS(=O)(=O)N1CCOCC1)NCC1(CO)CCCCC1. The first kappa shape index (κ1) is 18.6. The van der Waals surface area contributed by atoms with Crippen LogP contribution in [0.5, 0.6) is 0 Å².